The molecule has 0 aromatic heterocycles. The molecule has 1 fully saturated rings. The third kappa shape index (κ3) is 2.74. The lowest BCUT2D eigenvalue weighted by Gasteiger charge is -2.47. The minimum absolute atomic E-state index is 0.113. The zero-order valence-corrected chi connectivity index (χ0v) is 16.9. The van der Waals surface area contributed by atoms with Gasteiger partial charge in [-0.3, -0.25) is 0 Å². The zero-order valence-electron chi connectivity index (χ0n) is 16.9. The van der Waals surface area contributed by atoms with Crippen LogP contribution in [0.2, 0.25) is 0 Å². The number of allylic oxidation sites excluding steroid dienone is 2. The maximum Gasteiger partial charge on any atom is 0.333 e. The number of nitriles is 2. The zero-order chi connectivity index (χ0) is 21.3. The molecule has 0 aliphatic heterocycles. The van der Waals surface area contributed by atoms with Gasteiger partial charge in [0.05, 0.1) is 24.5 Å². The predicted octanol–water partition coefficient (Wildman–Crippen LogP) is 4.90. The minimum Gasteiger partial charge on any atom is -0.464 e. The molecule has 2 aromatic rings. The highest BCUT2D eigenvalue weighted by Gasteiger charge is 2.61. The van der Waals surface area contributed by atoms with Crippen molar-refractivity contribution in [1.82, 2.24) is 0 Å². The molecule has 0 spiro atoms. The lowest BCUT2D eigenvalue weighted by molar-refractivity contribution is -0.150. The largest absolute Gasteiger partial charge is 0.464 e. The van der Waals surface area contributed by atoms with Crippen LogP contribution in [-0.2, 0) is 9.53 Å². The molecule has 0 bridgehead atoms. The molecule has 0 heterocycles. The number of fused-ring (bicyclic) bond motifs is 2. The van der Waals surface area contributed by atoms with Gasteiger partial charge in [0.15, 0.2) is 0 Å². The Bertz CT molecular complexity index is 1130. The van der Waals surface area contributed by atoms with Gasteiger partial charge in [0.25, 0.3) is 0 Å². The number of carbonyl (C=O) groups excluding carboxylic acids is 1. The first-order chi connectivity index (χ1) is 14.6. The van der Waals surface area contributed by atoms with E-state index in [4.69, 9.17) is 10.1 Å². The van der Waals surface area contributed by atoms with Gasteiger partial charge in [-0.05, 0) is 54.0 Å². The number of hydrogen-bond donors (Lipinski definition) is 1. The Kier molecular flexibility index (Phi) is 5.14. The van der Waals surface area contributed by atoms with Crippen molar-refractivity contribution in [2.45, 2.75) is 32.1 Å². The van der Waals surface area contributed by atoms with Gasteiger partial charge >= 0.3 is 5.97 Å². The number of rotatable bonds is 3. The first kappa shape index (κ1) is 19.9. The number of hydrogen-bond acceptors (Lipinski definition) is 5. The van der Waals surface area contributed by atoms with Crippen LogP contribution in [0.1, 0.15) is 37.7 Å². The van der Waals surface area contributed by atoms with Gasteiger partial charge in [-0.1, -0.05) is 48.5 Å². The molecular formula is C25H23N3O2. The van der Waals surface area contributed by atoms with Crippen LogP contribution in [0.15, 0.2) is 54.1 Å². The molecule has 0 amide bonds. The molecule has 4 atom stereocenters. The Morgan fingerprint density at radius 1 is 1.23 bits per heavy atom. The maximum atomic E-state index is 13.3. The van der Waals surface area contributed by atoms with Gasteiger partial charge in [-0.15, -0.1) is 0 Å². The quantitative estimate of drug-likeness (QED) is 0.588. The summed E-state index contributed by atoms with van der Waals surface area (Å²) in [5.41, 5.74) is -0.239. The molecule has 0 radical (unpaired) electrons. The maximum absolute atomic E-state index is 13.3. The summed E-state index contributed by atoms with van der Waals surface area (Å²) < 4.78 is 5.35. The second kappa shape index (κ2) is 7.76. The normalized spacial score (nSPS) is 28.0. The molecule has 0 unspecified atom stereocenters. The van der Waals surface area contributed by atoms with E-state index in [0.717, 1.165) is 41.2 Å². The third-order valence-corrected chi connectivity index (χ3v) is 6.50. The van der Waals surface area contributed by atoms with E-state index in [1.807, 2.05) is 48.5 Å². The second-order valence-corrected chi connectivity index (χ2v) is 7.90. The fourth-order valence-electron chi connectivity index (χ4n) is 5.25. The van der Waals surface area contributed by atoms with Crippen molar-refractivity contribution in [3.8, 4) is 12.1 Å². The number of ether oxygens (including phenoxy) is 1. The van der Waals surface area contributed by atoms with E-state index in [-0.39, 0.29) is 18.2 Å². The highest BCUT2D eigenvalue weighted by Crippen LogP contribution is 2.56. The standard InChI is InChI=1S/C25H23N3O2/c1-2-30-24(29)25(15-27)22(19-13-7-9-16-8-3-4-10-17(16)19)20-12-6-5-11-18(20)21(14-26)23(25)28/h3-4,7-11,13,20-22,28H,2,5-6,12H2,1H3/t20-,21+,22+,25-/m1/s1. The Morgan fingerprint density at radius 2 is 2.00 bits per heavy atom. The molecule has 0 saturated heterocycles. The number of benzene rings is 2. The van der Waals surface area contributed by atoms with Crippen LogP contribution in [0.5, 0.6) is 0 Å². The Balaban J connectivity index is 2.05. The van der Waals surface area contributed by atoms with Crippen LogP contribution < -0.4 is 0 Å². The van der Waals surface area contributed by atoms with Crippen molar-refractivity contribution in [3.05, 3.63) is 59.7 Å². The Morgan fingerprint density at radius 3 is 2.73 bits per heavy atom. The fraction of sp³-hybridized carbons (Fsp3) is 0.360. The molecule has 4 rings (SSSR count). The topological polar surface area (TPSA) is 97.7 Å². The molecule has 1 saturated carbocycles. The monoisotopic (exact) mass is 397 g/mol. The van der Waals surface area contributed by atoms with Gasteiger partial charge in [-0.2, -0.15) is 10.5 Å². The third-order valence-electron chi connectivity index (χ3n) is 6.50. The molecule has 5 nitrogen and oxygen atoms in total. The van der Waals surface area contributed by atoms with Crippen LogP contribution in [0.25, 0.3) is 10.8 Å². The summed E-state index contributed by atoms with van der Waals surface area (Å²) in [5, 5.41) is 31.1. The van der Waals surface area contributed by atoms with Crippen molar-refractivity contribution in [2.75, 3.05) is 6.61 Å². The van der Waals surface area contributed by atoms with Gasteiger partial charge in [-0.25, -0.2) is 4.79 Å². The Hall–Kier alpha value is -3.44. The minimum atomic E-state index is -1.82. The average molecular weight is 397 g/mol. The molecule has 1 N–H and O–H groups in total. The number of carbonyl (C=O) groups is 1. The van der Waals surface area contributed by atoms with Crippen molar-refractivity contribution < 1.29 is 9.53 Å². The summed E-state index contributed by atoms with van der Waals surface area (Å²) in [5.74, 6) is -2.32. The van der Waals surface area contributed by atoms with Crippen LogP contribution in [-0.4, -0.2) is 18.3 Å². The van der Waals surface area contributed by atoms with Crippen molar-refractivity contribution in [2.24, 2.45) is 17.3 Å². The Labute approximate surface area is 176 Å². The summed E-state index contributed by atoms with van der Waals surface area (Å²) in [6.45, 7) is 1.80. The summed E-state index contributed by atoms with van der Waals surface area (Å²) in [6.07, 6.45) is 4.58. The van der Waals surface area contributed by atoms with Gasteiger partial charge < -0.3 is 10.1 Å². The number of esters is 1. The number of nitrogens with zero attached hydrogens (tertiary/aromatic N) is 2. The highest BCUT2D eigenvalue weighted by atomic mass is 16.5. The number of nitrogens with one attached hydrogen (secondary N) is 1. The lowest BCUT2D eigenvalue weighted by atomic mass is 9.52. The van der Waals surface area contributed by atoms with E-state index in [1.165, 1.54) is 0 Å². The summed E-state index contributed by atoms with van der Waals surface area (Å²) in [6, 6.07) is 18.1. The molecule has 5 heteroatoms. The van der Waals surface area contributed by atoms with E-state index in [1.54, 1.807) is 6.92 Å². The van der Waals surface area contributed by atoms with E-state index < -0.39 is 23.2 Å². The first-order valence-corrected chi connectivity index (χ1v) is 10.3. The van der Waals surface area contributed by atoms with Crippen LogP contribution >= 0.6 is 0 Å². The van der Waals surface area contributed by atoms with Crippen LogP contribution in [0.3, 0.4) is 0 Å². The van der Waals surface area contributed by atoms with E-state index >= 15 is 0 Å². The van der Waals surface area contributed by atoms with Crippen molar-refractivity contribution >= 4 is 22.5 Å². The van der Waals surface area contributed by atoms with Gasteiger partial charge in [0, 0.05) is 5.92 Å². The first-order valence-electron chi connectivity index (χ1n) is 10.3. The van der Waals surface area contributed by atoms with Crippen molar-refractivity contribution in [3.63, 3.8) is 0 Å². The van der Waals surface area contributed by atoms with E-state index in [2.05, 4.69) is 12.1 Å². The van der Waals surface area contributed by atoms with Crippen LogP contribution in [0, 0.1) is 45.3 Å². The molecule has 2 aliphatic carbocycles. The summed E-state index contributed by atoms with van der Waals surface area (Å²) in [4.78, 5) is 13.3. The highest BCUT2D eigenvalue weighted by molar-refractivity contribution is 6.13. The smallest absolute Gasteiger partial charge is 0.333 e. The predicted molar refractivity (Wildman–Crippen MR) is 114 cm³/mol. The SMILES string of the molecule is CCOC(=O)[C@@]1(C#N)C(=N)[C@@H](C#N)C2=CCCC[C@H]2[C@@H]1c1cccc2ccccc12. The second-order valence-electron chi connectivity index (χ2n) is 7.90. The molecule has 2 aromatic carbocycles. The van der Waals surface area contributed by atoms with Gasteiger partial charge in [0.2, 0.25) is 5.41 Å². The summed E-state index contributed by atoms with van der Waals surface area (Å²) >= 11 is 0. The van der Waals surface area contributed by atoms with E-state index in [9.17, 15) is 15.3 Å². The van der Waals surface area contributed by atoms with Crippen LogP contribution in [0.4, 0.5) is 0 Å². The fourth-order valence-corrected chi connectivity index (χ4v) is 5.25. The molecule has 2 aliphatic rings. The van der Waals surface area contributed by atoms with Crippen molar-refractivity contribution in [1.29, 1.82) is 15.9 Å². The molecule has 30 heavy (non-hydrogen) atoms. The average Bonchev–Trinajstić information content (AvgIpc) is 2.78. The summed E-state index contributed by atoms with van der Waals surface area (Å²) in [7, 11) is 0. The van der Waals surface area contributed by atoms with E-state index in [0.29, 0.717) is 0 Å². The lowest BCUT2D eigenvalue weighted by Crippen LogP contribution is -2.54. The van der Waals surface area contributed by atoms with Gasteiger partial charge in [0.1, 0.15) is 5.92 Å². The molecule has 150 valence electrons. The molecular weight excluding hydrogens is 374 g/mol.